The van der Waals surface area contributed by atoms with Crippen LogP contribution in [0.4, 0.5) is 11.6 Å². The fraction of sp³-hybridized carbons (Fsp3) is 0.727. The molecule has 0 atom stereocenters. The minimum Gasteiger partial charge on any atom is -0.355 e. The highest BCUT2D eigenvalue weighted by molar-refractivity contribution is 6.30. The van der Waals surface area contributed by atoms with Crippen molar-refractivity contribution in [2.45, 2.75) is 79.1 Å². The summed E-state index contributed by atoms with van der Waals surface area (Å²) in [5, 5.41) is 0.460. The molecule has 2 aromatic heterocycles. The van der Waals surface area contributed by atoms with E-state index in [9.17, 15) is 0 Å². The molecule has 0 aliphatic rings. The first-order valence-corrected chi connectivity index (χ1v) is 12.2. The lowest BCUT2D eigenvalue weighted by atomic mass is 10.2. The van der Waals surface area contributed by atoms with Crippen LogP contribution < -0.4 is 9.80 Å². The van der Waals surface area contributed by atoms with Crippen LogP contribution in [0.3, 0.4) is 0 Å². The quantitative estimate of drug-likeness (QED) is 0.302. The van der Waals surface area contributed by atoms with E-state index in [0.717, 1.165) is 89.2 Å². The van der Waals surface area contributed by atoms with Crippen LogP contribution in [-0.4, -0.2) is 46.1 Å². The maximum Gasteiger partial charge on any atom is 0.225 e. The van der Waals surface area contributed by atoms with Gasteiger partial charge in [0.2, 0.25) is 10.6 Å². The lowest BCUT2D eigenvalue weighted by Crippen LogP contribution is -2.29. The first-order valence-electron chi connectivity index (χ1n) is 11.5. The van der Waals surface area contributed by atoms with E-state index >= 15 is 0 Å². The predicted molar refractivity (Wildman–Crippen MR) is 129 cm³/mol. The summed E-state index contributed by atoms with van der Waals surface area (Å²) in [5.41, 5.74) is 1.39. The molecular weight excluding hydrogens is 419 g/mol. The smallest absolute Gasteiger partial charge is 0.225 e. The van der Waals surface area contributed by atoms with E-state index in [-0.39, 0.29) is 10.6 Å². The zero-order chi connectivity index (χ0) is 21.9. The minimum atomic E-state index is 0.230. The van der Waals surface area contributed by atoms with Gasteiger partial charge in [0.15, 0.2) is 11.6 Å². The Hall–Kier alpha value is -1.40. The first kappa shape index (κ1) is 24.9. The van der Waals surface area contributed by atoms with Crippen molar-refractivity contribution < 1.29 is 0 Å². The van der Waals surface area contributed by atoms with E-state index in [1.165, 1.54) is 0 Å². The maximum absolute atomic E-state index is 6.41. The molecule has 2 aromatic rings. The molecule has 2 rings (SSSR count). The van der Waals surface area contributed by atoms with Crippen LogP contribution in [0.5, 0.6) is 0 Å². The molecule has 0 radical (unpaired) electrons. The number of fused-ring (bicyclic) bond motifs is 1. The molecule has 30 heavy (non-hydrogen) atoms. The van der Waals surface area contributed by atoms with Crippen molar-refractivity contribution in [2.24, 2.45) is 0 Å². The van der Waals surface area contributed by atoms with Gasteiger partial charge < -0.3 is 9.80 Å². The number of aromatic nitrogens is 4. The van der Waals surface area contributed by atoms with Crippen LogP contribution >= 0.6 is 23.2 Å². The predicted octanol–water partition coefficient (Wildman–Crippen LogP) is 6.54. The van der Waals surface area contributed by atoms with Crippen LogP contribution in [0.15, 0.2) is 0 Å². The summed E-state index contributed by atoms with van der Waals surface area (Å²) in [6, 6.07) is 0. The fourth-order valence-electron chi connectivity index (χ4n) is 3.42. The molecule has 0 fully saturated rings. The van der Waals surface area contributed by atoms with Crippen molar-refractivity contribution in [3.63, 3.8) is 0 Å². The Morgan fingerprint density at radius 3 is 1.10 bits per heavy atom. The summed E-state index contributed by atoms with van der Waals surface area (Å²) >= 11 is 12.8. The van der Waals surface area contributed by atoms with Gasteiger partial charge in [-0.2, -0.15) is 9.97 Å². The normalized spacial score (nSPS) is 11.3. The van der Waals surface area contributed by atoms with E-state index in [1.807, 2.05) is 0 Å². The van der Waals surface area contributed by atoms with Crippen LogP contribution in [0.2, 0.25) is 10.6 Å². The van der Waals surface area contributed by atoms with Gasteiger partial charge in [-0.1, -0.05) is 53.4 Å². The summed E-state index contributed by atoms with van der Waals surface area (Å²) in [7, 11) is 0. The molecule has 0 spiro atoms. The standard InChI is InChI=1S/C22H36Cl2N6/c1-5-9-13-29(14-10-6-2)19-17-18(26-21(23)27-19)20(28-22(24)25-17)30(15-11-7-3)16-12-8-4/h5-16H2,1-4H3. The molecule has 0 aromatic carbocycles. The van der Waals surface area contributed by atoms with Gasteiger partial charge in [0, 0.05) is 26.2 Å². The lowest BCUT2D eigenvalue weighted by Gasteiger charge is -2.27. The minimum absolute atomic E-state index is 0.230. The average molecular weight is 455 g/mol. The van der Waals surface area contributed by atoms with Gasteiger partial charge in [0.1, 0.15) is 11.0 Å². The molecule has 0 aliphatic heterocycles. The van der Waals surface area contributed by atoms with Gasteiger partial charge in [-0.15, -0.1) is 0 Å². The van der Waals surface area contributed by atoms with E-state index in [2.05, 4.69) is 57.4 Å². The topological polar surface area (TPSA) is 58.0 Å². The molecule has 0 amide bonds. The van der Waals surface area contributed by atoms with Gasteiger partial charge in [-0.05, 0) is 48.9 Å². The van der Waals surface area contributed by atoms with Gasteiger partial charge in [-0.3, -0.25) is 0 Å². The summed E-state index contributed by atoms with van der Waals surface area (Å²) in [4.78, 5) is 22.8. The summed E-state index contributed by atoms with van der Waals surface area (Å²) in [6.07, 6.45) is 8.78. The Labute approximate surface area is 191 Å². The average Bonchev–Trinajstić information content (AvgIpc) is 2.73. The Balaban J connectivity index is 2.60. The monoisotopic (exact) mass is 454 g/mol. The summed E-state index contributed by atoms with van der Waals surface area (Å²) in [6.45, 7) is 12.4. The molecule has 6 nitrogen and oxygen atoms in total. The zero-order valence-corrected chi connectivity index (χ0v) is 20.4. The molecule has 0 saturated heterocycles. The van der Waals surface area contributed by atoms with E-state index in [0.29, 0.717) is 11.0 Å². The Morgan fingerprint density at radius 2 is 0.833 bits per heavy atom. The van der Waals surface area contributed by atoms with E-state index < -0.39 is 0 Å². The molecule has 2 heterocycles. The molecular formula is C22H36Cl2N6. The highest BCUT2D eigenvalue weighted by Gasteiger charge is 2.22. The second-order valence-corrected chi connectivity index (χ2v) is 8.39. The molecule has 8 heteroatoms. The number of nitrogens with zero attached hydrogens (tertiary/aromatic N) is 6. The number of anilines is 2. The van der Waals surface area contributed by atoms with Crippen LogP contribution in [0.1, 0.15) is 79.1 Å². The molecule has 0 bridgehead atoms. The van der Waals surface area contributed by atoms with Crippen LogP contribution in [0, 0.1) is 0 Å². The SMILES string of the molecule is CCCCN(CCCC)c1nc(Cl)nc2c(N(CCCC)CCCC)nc(Cl)nc12. The second-order valence-electron chi connectivity index (χ2n) is 7.72. The first-order chi connectivity index (χ1) is 14.5. The van der Waals surface area contributed by atoms with E-state index in [1.54, 1.807) is 0 Å². The number of halogens is 2. The maximum atomic E-state index is 6.41. The third kappa shape index (κ3) is 6.81. The van der Waals surface area contributed by atoms with Crippen molar-refractivity contribution in [1.82, 2.24) is 19.9 Å². The Morgan fingerprint density at radius 1 is 0.533 bits per heavy atom. The van der Waals surface area contributed by atoms with Crippen molar-refractivity contribution in [3.8, 4) is 0 Å². The fourth-order valence-corrected chi connectivity index (χ4v) is 3.75. The molecule has 0 unspecified atom stereocenters. The zero-order valence-electron chi connectivity index (χ0n) is 18.9. The van der Waals surface area contributed by atoms with Crippen molar-refractivity contribution in [2.75, 3.05) is 36.0 Å². The van der Waals surface area contributed by atoms with Gasteiger partial charge in [-0.25, -0.2) is 9.97 Å². The highest BCUT2D eigenvalue weighted by Crippen LogP contribution is 2.31. The number of hydrogen-bond acceptors (Lipinski definition) is 6. The summed E-state index contributed by atoms with van der Waals surface area (Å²) in [5.74, 6) is 1.53. The number of unbranched alkanes of at least 4 members (excludes halogenated alkanes) is 4. The van der Waals surface area contributed by atoms with Crippen molar-refractivity contribution in [3.05, 3.63) is 10.6 Å². The number of hydrogen-bond donors (Lipinski definition) is 0. The Bertz CT molecular complexity index is 705. The third-order valence-electron chi connectivity index (χ3n) is 5.18. The lowest BCUT2D eigenvalue weighted by molar-refractivity contribution is 0.669. The van der Waals surface area contributed by atoms with Gasteiger partial charge >= 0.3 is 0 Å². The molecule has 0 aliphatic carbocycles. The molecule has 0 N–H and O–H groups in total. The number of rotatable bonds is 14. The van der Waals surface area contributed by atoms with Crippen LogP contribution in [-0.2, 0) is 0 Å². The molecule has 168 valence electrons. The van der Waals surface area contributed by atoms with E-state index in [4.69, 9.17) is 23.2 Å². The Kier molecular flexibility index (Phi) is 10.9. The molecule has 0 saturated carbocycles. The second kappa shape index (κ2) is 13.1. The van der Waals surface area contributed by atoms with Gasteiger partial charge in [0.25, 0.3) is 0 Å². The van der Waals surface area contributed by atoms with Crippen molar-refractivity contribution in [1.29, 1.82) is 0 Å². The van der Waals surface area contributed by atoms with Crippen molar-refractivity contribution >= 4 is 45.9 Å². The highest BCUT2D eigenvalue weighted by atomic mass is 35.5. The largest absolute Gasteiger partial charge is 0.355 e. The van der Waals surface area contributed by atoms with Crippen LogP contribution in [0.25, 0.3) is 11.0 Å². The third-order valence-corrected chi connectivity index (χ3v) is 5.52. The van der Waals surface area contributed by atoms with Gasteiger partial charge in [0.05, 0.1) is 0 Å². The summed E-state index contributed by atoms with van der Waals surface area (Å²) < 4.78 is 0.